The van der Waals surface area contributed by atoms with Crippen molar-refractivity contribution in [3.8, 4) is 0 Å². The standard InChI is InChI=1S/C13H10ClNO5S2/c1-22(19,20)10-4-8(14)3-9(5-10)15-12(16)11-2-7(6-21-11)13(17)18/h2-6H,1H3,(H,15,16)(H,17,18). The van der Waals surface area contributed by atoms with Gasteiger partial charge in [-0.1, -0.05) is 11.6 Å². The highest BCUT2D eigenvalue weighted by Crippen LogP contribution is 2.24. The number of aromatic carboxylic acids is 1. The fourth-order valence-electron chi connectivity index (χ4n) is 1.61. The first-order valence-corrected chi connectivity index (χ1v) is 8.95. The molecule has 1 aromatic heterocycles. The van der Waals surface area contributed by atoms with E-state index in [1.165, 1.54) is 29.6 Å². The molecule has 1 heterocycles. The van der Waals surface area contributed by atoms with Crippen LogP contribution in [0.4, 0.5) is 5.69 Å². The molecule has 2 rings (SSSR count). The van der Waals surface area contributed by atoms with Gasteiger partial charge in [0.05, 0.1) is 15.3 Å². The zero-order valence-corrected chi connectivity index (χ0v) is 13.6. The fraction of sp³-hybridized carbons (Fsp3) is 0.0769. The average Bonchev–Trinajstić information content (AvgIpc) is 2.86. The number of benzene rings is 1. The summed E-state index contributed by atoms with van der Waals surface area (Å²) in [6, 6.07) is 5.20. The number of anilines is 1. The number of thiophene rings is 1. The van der Waals surface area contributed by atoms with E-state index >= 15 is 0 Å². The number of carbonyl (C=O) groups is 2. The smallest absolute Gasteiger partial charge is 0.336 e. The second-order valence-electron chi connectivity index (χ2n) is 4.41. The van der Waals surface area contributed by atoms with Crippen molar-refractivity contribution in [3.63, 3.8) is 0 Å². The van der Waals surface area contributed by atoms with Gasteiger partial charge in [0.1, 0.15) is 0 Å². The Balaban J connectivity index is 2.28. The van der Waals surface area contributed by atoms with Crippen LogP contribution in [0.1, 0.15) is 20.0 Å². The van der Waals surface area contributed by atoms with Gasteiger partial charge in [0.15, 0.2) is 9.84 Å². The van der Waals surface area contributed by atoms with Crippen LogP contribution >= 0.6 is 22.9 Å². The Labute approximate surface area is 135 Å². The van der Waals surface area contributed by atoms with Gasteiger partial charge in [-0.3, -0.25) is 4.79 Å². The first-order chi connectivity index (χ1) is 10.2. The van der Waals surface area contributed by atoms with Crippen LogP contribution in [0.3, 0.4) is 0 Å². The Kier molecular flexibility index (Phi) is 4.55. The monoisotopic (exact) mass is 359 g/mol. The maximum absolute atomic E-state index is 12.0. The molecule has 0 saturated carbocycles. The Morgan fingerprint density at radius 2 is 1.91 bits per heavy atom. The van der Waals surface area contributed by atoms with Crippen molar-refractivity contribution in [2.75, 3.05) is 11.6 Å². The number of hydrogen-bond acceptors (Lipinski definition) is 5. The minimum absolute atomic E-state index is 0.0121. The van der Waals surface area contributed by atoms with Gasteiger partial charge in [0.25, 0.3) is 5.91 Å². The predicted molar refractivity (Wildman–Crippen MR) is 83.8 cm³/mol. The first-order valence-electron chi connectivity index (χ1n) is 5.80. The summed E-state index contributed by atoms with van der Waals surface area (Å²) in [6.45, 7) is 0. The third-order valence-electron chi connectivity index (χ3n) is 2.63. The number of carboxylic acids is 1. The van der Waals surface area contributed by atoms with E-state index in [1.54, 1.807) is 0 Å². The summed E-state index contributed by atoms with van der Waals surface area (Å²) in [5.41, 5.74) is 0.223. The molecule has 9 heteroatoms. The van der Waals surface area contributed by atoms with Gasteiger partial charge in [0.2, 0.25) is 0 Å². The summed E-state index contributed by atoms with van der Waals surface area (Å²) in [6.07, 6.45) is 1.03. The van der Waals surface area contributed by atoms with Crippen LogP contribution in [-0.4, -0.2) is 31.7 Å². The summed E-state index contributed by atoms with van der Waals surface area (Å²) < 4.78 is 23.1. The van der Waals surface area contributed by atoms with Crippen molar-refractivity contribution in [2.24, 2.45) is 0 Å². The second kappa shape index (κ2) is 6.07. The number of amides is 1. The third-order valence-corrected chi connectivity index (χ3v) is 4.87. The second-order valence-corrected chi connectivity index (χ2v) is 7.77. The maximum Gasteiger partial charge on any atom is 0.336 e. The van der Waals surface area contributed by atoms with E-state index in [-0.39, 0.29) is 26.0 Å². The van der Waals surface area contributed by atoms with Crippen molar-refractivity contribution in [1.29, 1.82) is 0 Å². The molecule has 0 bridgehead atoms. The lowest BCUT2D eigenvalue weighted by atomic mass is 10.3. The zero-order chi connectivity index (χ0) is 16.5. The van der Waals surface area contributed by atoms with Crippen molar-refractivity contribution in [1.82, 2.24) is 0 Å². The molecule has 2 N–H and O–H groups in total. The van der Waals surface area contributed by atoms with Crippen LogP contribution in [0, 0.1) is 0 Å². The molecular formula is C13H10ClNO5S2. The normalized spacial score (nSPS) is 11.2. The van der Waals surface area contributed by atoms with E-state index in [0.717, 1.165) is 17.6 Å². The molecule has 22 heavy (non-hydrogen) atoms. The highest BCUT2D eigenvalue weighted by Gasteiger charge is 2.15. The maximum atomic E-state index is 12.0. The summed E-state index contributed by atoms with van der Waals surface area (Å²) in [5.74, 6) is -1.67. The van der Waals surface area contributed by atoms with Crippen LogP contribution in [0.15, 0.2) is 34.5 Å². The van der Waals surface area contributed by atoms with Crippen molar-refractivity contribution in [2.45, 2.75) is 4.90 Å². The molecule has 1 aromatic carbocycles. The van der Waals surface area contributed by atoms with E-state index in [4.69, 9.17) is 16.7 Å². The summed E-state index contributed by atoms with van der Waals surface area (Å²) in [7, 11) is -3.47. The van der Waals surface area contributed by atoms with Gasteiger partial charge in [-0.2, -0.15) is 0 Å². The highest BCUT2D eigenvalue weighted by atomic mass is 35.5. The molecule has 2 aromatic rings. The van der Waals surface area contributed by atoms with Gasteiger partial charge in [0, 0.05) is 22.3 Å². The number of hydrogen-bond donors (Lipinski definition) is 2. The molecule has 0 unspecified atom stereocenters. The molecule has 1 amide bonds. The Bertz CT molecular complexity index is 857. The van der Waals surface area contributed by atoms with E-state index in [9.17, 15) is 18.0 Å². The largest absolute Gasteiger partial charge is 0.478 e. The Morgan fingerprint density at radius 1 is 1.23 bits per heavy atom. The molecule has 0 aliphatic carbocycles. The SMILES string of the molecule is CS(=O)(=O)c1cc(Cl)cc(NC(=O)c2cc(C(=O)O)cs2)c1. The minimum Gasteiger partial charge on any atom is -0.478 e. The van der Waals surface area contributed by atoms with Crippen LogP contribution in [-0.2, 0) is 9.84 Å². The number of rotatable bonds is 4. The van der Waals surface area contributed by atoms with Gasteiger partial charge >= 0.3 is 5.97 Å². The van der Waals surface area contributed by atoms with Gasteiger partial charge in [-0.25, -0.2) is 13.2 Å². The van der Waals surface area contributed by atoms with Crippen LogP contribution in [0.25, 0.3) is 0 Å². The van der Waals surface area contributed by atoms with Crippen LogP contribution in [0.2, 0.25) is 5.02 Å². The van der Waals surface area contributed by atoms with Crippen molar-refractivity contribution >= 4 is 50.3 Å². The number of nitrogens with one attached hydrogen (secondary N) is 1. The lowest BCUT2D eigenvalue weighted by Gasteiger charge is -2.07. The topological polar surface area (TPSA) is 101 Å². The third kappa shape index (κ3) is 3.85. The highest BCUT2D eigenvalue weighted by molar-refractivity contribution is 7.90. The van der Waals surface area contributed by atoms with E-state index in [0.29, 0.717) is 0 Å². The Morgan fingerprint density at radius 3 is 2.45 bits per heavy atom. The molecule has 6 nitrogen and oxygen atoms in total. The molecule has 0 spiro atoms. The average molecular weight is 360 g/mol. The molecular weight excluding hydrogens is 350 g/mol. The lowest BCUT2D eigenvalue weighted by Crippen LogP contribution is -2.11. The number of carbonyl (C=O) groups excluding carboxylic acids is 1. The zero-order valence-electron chi connectivity index (χ0n) is 11.2. The van der Waals surface area contributed by atoms with E-state index in [2.05, 4.69) is 5.32 Å². The molecule has 0 saturated heterocycles. The molecule has 0 atom stereocenters. The van der Waals surface area contributed by atoms with Crippen molar-refractivity contribution < 1.29 is 23.1 Å². The minimum atomic E-state index is -3.47. The van der Waals surface area contributed by atoms with Crippen LogP contribution in [0.5, 0.6) is 0 Å². The summed E-state index contributed by atoms with van der Waals surface area (Å²) in [4.78, 5) is 23.0. The van der Waals surface area contributed by atoms with E-state index in [1.807, 2.05) is 0 Å². The number of carboxylic acid groups (broad SMARTS) is 1. The summed E-state index contributed by atoms with van der Waals surface area (Å²) >= 11 is 6.82. The van der Waals surface area contributed by atoms with Gasteiger partial charge in [-0.15, -0.1) is 11.3 Å². The van der Waals surface area contributed by atoms with Crippen LogP contribution < -0.4 is 5.32 Å². The summed E-state index contributed by atoms with van der Waals surface area (Å²) in [5, 5.41) is 12.8. The molecule has 0 radical (unpaired) electrons. The first kappa shape index (κ1) is 16.5. The molecule has 0 fully saturated rings. The molecule has 116 valence electrons. The van der Waals surface area contributed by atoms with Crippen molar-refractivity contribution in [3.05, 3.63) is 45.1 Å². The predicted octanol–water partition coefficient (Wildman–Crippen LogP) is 2.76. The lowest BCUT2D eigenvalue weighted by molar-refractivity contribution is 0.0697. The fourth-order valence-corrected chi connectivity index (χ4v) is 3.37. The van der Waals surface area contributed by atoms with Gasteiger partial charge < -0.3 is 10.4 Å². The molecule has 0 aliphatic rings. The van der Waals surface area contributed by atoms with E-state index < -0.39 is 21.7 Å². The molecule has 0 aliphatic heterocycles. The van der Waals surface area contributed by atoms with Gasteiger partial charge in [-0.05, 0) is 24.3 Å². The Hall–Kier alpha value is -1.90. The number of sulfone groups is 1. The quantitative estimate of drug-likeness (QED) is 0.874. The number of halogens is 1.